The Morgan fingerprint density at radius 3 is 2.57 bits per heavy atom. The lowest BCUT2D eigenvalue weighted by Gasteiger charge is -2.19. The standard InChI is InChI=1S/C15H15N3O4S/c19-18(20)13-4-6-14(7-5-13)23(21,22)17-12-3-8-15-11(10-12)2-1-9-16-15/h3-8,10,16-17H,1-2,9H2. The lowest BCUT2D eigenvalue weighted by atomic mass is 10.0. The Bertz CT molecular complexity index is 848. The van der Waals surface area contributed by atoms with Crippen LogP contribution in [0.1, 0.15) is 12.0 Å². The van der Waals surface area contributed by atoms with Crippen LogP contribution in [0.15, 0.2) is 47.4 Å². The van der Waals surface area contributed by atoms with Crippen molar-refractivity contribution in [3.05, 3.63) is 58.1 Å². The van der Waals surface area contributed by atoms with Crippen molar-refractivity contribution in [1.29, 1.82) is 0 Å². The van der Waals surface area contributed by atoms with Crippen molar-refractivity contribution >= 4 is 27.1 Å². The van der Waals surface area contributed by atoms with Crippen LogP contribution in [0.4, 0.5) is 17.1 Å². The van der Waals surface area contributed by atoms with E-state index in [-0.39, 0.29) is 10.6 Å². The summed E-state index contributed by atoms with van der Waals surface area (Å²) in [4.78, 5) is 10.0. The molecule has 23 heavy (non-hydrogen) atoms. The number of hydrogen-bond donors (Lipinski definition) is 2. The number of non-ortho nitro benzene ring substituents is 1. The molecule has 7 nitrogen and oxygen atoms in total. The van der Waals surface area contributed by atoms with Gasteiger partial charge in [-0.3, -0.25) is 14.8 Å². The Morgan fingerprint density at radius 2 is 1.87 bits per heavy atom. The van der Waals surface area contributed by atoms with Gasteiger partial charge in [0.1, 0.15) is 0 Å². The Balaban J connectivity index is 1.84. The van der Waals surface area contributed by atoms with Crippen LogP contribution in [-0.4, -0.2) is 19.9 Å². The normalized spacial score (nSPS) is 13.7. The van der Waals surface area contributed by atoms with Crippen molar-refractivity contribution in [2.75, 3.05) is 16.6 Å². The summed E-state index contributed by atoms with van der Waals surface area (Å²) in [5, 5.41) is 13.9. The van der Waals surface area contributed by atoms with Crippen molar-refractivity contribution < 1.29 is 13.3 Å². The molecule has 1 aliphatic heterocycles. The summed E-state index contributed by atoms with van der Waals surface area (Å²) in [7, 11) is -3.78. The van der Waals surface area contributed by atoms with Crippen LogP contribution >= 0.6 is 0 Å². The highest BCUT2D eigenvalue weighted by molar-refractivity contribution is 7.92. The molecular formula is C15H15N3O4S. The van der Waals surface area contributed by atoms with Crippen molar-refractivity contribution in [1.82, 2.24) is 0 Å². The molecule has 8 heteroatoms. The molecule has 0 saturated carbocycles. The Labute approximate surface area is 133 Å². The fourth-order valence-electron chi connectivity index (χ4n) is 2.50. The SMILES string of the molecule is O=[N+]([O-])c1ccc(S(=O)(=O)Nc2ccc3c(c2)CCCN3)cc1. The molecule has 0 spiro atoms. The molecule has 0 saturated heterocycles. The van der Waals surface area contributed by atoms with Gasteiger partial charge in [0.2, 0.25) is 0 Å². The number of hydrogen-bond acceptors (Lipinski definition) is 5. The summed E-state index contributed by atoms with van der Waals surface area (Å²) in [5.74, 6) is 0. The number of nitro groups is 1. The Kier molecular flexibility index (Phi) is 3.91. The van der Waals surface area contributed by atoms with Crippen molar-refractivity contribution in [2.24, 2.45) is 0 Å². The van der Waals surface area contributed by atoms with Gasteiger partial charge in [0.25, 0.3) is 15.7 Å². The van der Waals surface area contributed by atoms with Gasteiger partial charge in [0, 0.05) is 30.1 Å². The number of nitrogens with zero attached hydrogens (tertiary/aromatic N) is 1. The number of anilines is 2. The van der Waals surface area contributed by atoms with E-state index in [0.717, 1.165) is 30.6 Å². The minimum atomic E-state index is -3.78. The third kappa shape index (κ3) is 3.26. The van der Waals surface area contributed by atoms with Gasteiger partial charge in [0.05, 0.1) is 9.82 Å². The van der Waals surface area contributed by atoms with Crippen LogP contribution in [-0.2, 0) is 16.4 Å². The lowest BCUT2D eigenvalue weighted by Crippen LogP contribution is -2.15. The predicted octanol–water partition coefficient (Wildman–Crippen LogP) is 2.75. The highest BCUT2D eigenvalue weighted by Gasteiger charge is 2.17. The van der Waals surface area contributed by atoms with E-state index in [1.54, 1.807) is 6.07 Å². The molecule has 2 N–H and O–H groups in total. The lowest BCUT2D eigenvalue weighted by molar-refractivity contribution is -0.384. The molecule has 2 aromatic carbocycles. The van der Waals surface area contributed by atoms with Crippen molar-refractivity contribution in [3.63, 3.8) is 0 Å². The minimum Gasteiger partial charge on any atom is -0.385 e. The smallest absolute Gasteiger partial charge is 0.269 e. The third-order valence-corrected chi connectivity index (χ3v) is 5.05. The molecule has 0 radical (unpaired) electrons. The van der Waals surface area contributed by atoms with E-state index >= 15 is 0 Å². The predicted molar refractivity (Wildman–Crippen MR) is 87.2 cm³/mol. The first kappa shape index (κ1) is 15.3. The first-order chi connectivity index (χ1) is 11.0. The average Bonchev–Trinajstić information content (AvgIpc) is 2.54. The molecule has 0 bridgehead atoms. The van der Waals surface area contributed by atoms with Crippen LogP contribution in [0.25, 0.3) is 0 Å². The molecule has 3 rings (SSSR count). The van der Waals surface area contributed by atoms with E-state index in [0.29, 0.717) is 5.69 Å². The highest BCUT2D eigenvalue weighted by Crippen LogP contribution is 2.26. The van der Waals surface area contributed by atoms with E-state index < -0.39 is 14.9 Å². The molecule has 0 aromatic heterocycles. The largest absolute Gasteiger partial charge is 0.385 e. The highest BCUT2D eigenvalue weighted by atomic mass is 32.2. The molecule has 2 aromatic rings. The number of fused-ring (bicyclic) bond motifs is 1. The van der Waals surface area contributed by atoms with E-state index in [4.69, 9.17) is 0 Å². The van der Waals surface area contributed by atoms with Gasteiger partial charge < -0.3 is 5.32 Å². The fourth-order valence-corrected chi connectivity index (χ4v) is 3.55. The summed E-state index contributed by atoms with van der Waals surface area (Å²) in [6.45, 7) is 0.918. The summed E-state index contributed by atoms with van der Waals surface area (Å²) in [6, 6.07) is 10.1. The zero-order valence-corrected chi connectivity index (χ0v) is 13.0. The average molecular weight is 333 g/mol. The number of benzene rings is 2. The maximum atomic E-state index is 12.4. The Hall–Kier alpha value is -2.61. The van der Waals surface area contributed by atoms with Crippen molar-refractivity contribution in [2.45, 2.75) is 17.7 Å². The van der Waals surface area contributed by atoms with Crippen LogP contribution in [0, 0.1) is 10.1 Å². The van der Waals surface area contributed by atoms with Gasteiger partial charge in [-0.15, -0.1) is 0 Å². The van der Waals surface area contributed by atoms with Gasteiger partial charge in [-0.05, 0) is 48.7 Å². The van der Waals surface area contributed by atoms with Crippen molar-refractivity contribution in [3.8, 4) is 0 Å². The number of sulfonamides is 1. The zero-order valence-electron chi connectivity index (χ0n) is 12.2. The van der Waals surface area contributed by atoms with Crippen LogP contribution in [0.3, 0.4) is 0 Å². The first-order valence-corrected chi connectivity index (χ1v) is 8.58. The number of aryl methyl sites for hydroxylation is 1. The van der Waals surface area contributed by atoms with Gasteiger partial charge in [-0.25, -0.2) is 8.42 Å². The minimum absolute atomic E-state index is 0.0149. The molecule has 0 fully saturated rings. The second-order valence-corrected chi connectivity index (χ2v) is 6.94. The van der Waals surface area contributed by atoms with Gasteiger partial charge in [-0.2, -0.15) is 0 Å². The van der Waals surface area contributed by atoms with E-state index in [2.05, 4.69) is 10.0 Å². The quantitative estimate of drug-likeness (QED) is 0.662. The summed E-state index contributed by atoms with van der Waals surface area (Å²) >= 11 is 0. The second-order valence-electron chi connectivity index (χ2n) is 5.26. The zero-order chi connectivity index (χ0) is 16.4. The van der Waals surface area contributed by atoms with Crippen LogP contribution < -0.4 is 10.0 Å². The Morgan fingerprint density at radius 1 is 1.13 bits per heavy atom. The molecule has 0 atom stereocenters. The van der Waals surface area contributed by atoms with E-state index in [9.17, 15) is 18.5 Å². The number of nitrogens with one attached hydrogen (secondary N) is 2. The topological polar surface area (TPSA) is 101 Å². The van der Waals surface area contributed by atoms with Gasteiger partial charge in [-0.1, -0.05) is 0 Å². The molecule has 0 unspecified atom stereocenters. The monoisotopic (exact) mass is 333 g/mol. The summed E-state index contributed by atoms with van der Waals surface area (Å²) < 4.78 is 27.2. The van der Waals surface area contributed by atoms with Gasteiger partial charge >= 0.3 is 0 Å². The molecular weight excluding hydrogens is 318 g/mol. The molecule has 120 valence electrons. The number of rotatable bonds is 4. The second kappa shape index (κ2) is 5.88. The van der Waals surface area contributed by atoms with Crippen LogP contribution in [0.5, 0.6) is 0 Å². The third-order valence-electron chi connectivity index (χ3n) is 3.65. The molecule has 1 aliphatic rings. The maximum absolute atomic E-state index is 12.4. The van der Waals surface area contributed by atoms with E-state index in [1.807, 2.05) is 12.1 Å². The summed E-state index contributed by atoms with van der Waals surface area (Å²) in [5.41, 5.74) is 2.42. The molecule has 0 aliphatic carbocycles. The maximum Gasteiger partial charge on any atom is 0.269 e. The van der Waals surface area contributed by atoms with Crippen LogP contribution in [0.2, 0.25) is 0 Å². The molecule has 0 amide bonds. The number of nitro benzene ring substituents is 1. The van der Waals surface area contributed by atoms with Gasteiger partial charge in [0.15, 0.2) is 0 Å². The first-order valence-electron chi connectivity index (χ1n) is 7.10. The molecule has 1 heterocycles. The van der Waals surface area contributed by atoms with E-state index in [1.165, 1.54) is 24.3 Å². The fraction of sp³-hybridized carbons (Fsp3) is 0.200. The summed E-state index contributed by atoms with van der Waals surface area (Å²) in [6.07, 6.45) is 1.90.